The molecule has 1 aliphatic carbocycles. The van der Waals surface area contributed by atoms with Crippen LogP contribution >= 0.6 is 0 Å². The standard InChI is InChI=1S/C16H29N3O3/c1-13(20)12-18-8-10-19(11-9-18)15(22)16(17-14(2)21)6-4-3-5-7-16/h13,20H,3-12H2,1-2H3,(H,17,21). The van der Waals surface area contributed by atoms with Gasteiger partial charge in [0.05, 0.1) is 6.10 Å². The molecule has 0 aromatic rings. The maximum atomic E-state index is 13.0. The SMILES string of the molecule is CC(=O)NC1(C(=O)N2CCN(CC(C)O)CC2)CCCCC1. The van der Waals surface area contributed by atoms with Gasteiger partial charge < -0.3 is 15.3 Å². The molecule has 126 valence electrons. The lowest BCUT2D eigenvalue weighted by atomic mass is 9.80. The van der Waals surface area contributed by atoms with Crippen LogP contribution in [0, 0.1) is 0 Å². The Bertz CT molecular complexity index is 397. The fraction of sp³-hybridized carbons (Fsp3) is 0.875. The van der Waals surface area contributed by atoms with Crippen LogP contribution in [0.4, 0.5) is 0 Å². The molecule has 1 unspecified atom stereocenters. The Morgan fingerprint density at radius 1 is 1.14 bits per heavy atom. The van der Waals surface area contributed by atoms with E-state index in [4.69, 9.17) is 0 Å². The van der Waals surface area contributed by atoms with Gasteiger partial charge in [-0.25, -0.2) is 0 Å². The number of nitrogens with one attached hydrogen (secondary N) is 1. The zero-order valence-electron chi connectivity index (χ0n) is 13.8. The lowest BCUT2D eigenvalue weighted by Gasteiger charge is -2.43. The molecule has 1 heterocycles. The lowest BCUT2D eigenvalue weighted by molar-refractivity contribution is -0.144. The van der Waals surface area contributed by atoms with Gasteiger partial charge in [0.15, 0.2) is 0 Å². The first kappa shape index (κ1) is 17.2. The van der Waals surface area contributed by atoms with Crippen molar-refractivity contribution in [2.24, 2.45) is 0 Å². The van der Waals surface area contributed by atoms with Crippen LogP contribution in [0.25, 0.3) is 0 Å². The number of aliphatic hydroxyl groups is 1. The molecule has 0 radical (unpaired) electrons. The summed E-state index contributed by atoms with van der Waals surface area (Å²) in [4.78, 5) is 28.6. The molecule has 1 atom stereocenters. The van der Waals surface area contributed by atoms with Gasteiger partial charge in [-0.2, -0.15) is 0 Å². The van der Waals surface area contributed by atoms with Gasteiger partial charge in [0, 0.05) is 39.6 Å². The Balaban J connectivity index is 1.98. The van der Waals surface area contributed by atoms with Crippen molar-refractivity contribution in [3.63, 3.8) is 0 Å². The minimum atomic E-state index is -0.684. The number of hydrogen-bond donors (Lipinski definition) is 2. The third-order valence-electron chi connectivity index (χ3n) is 4.71. The molecule has 6 nitrogen and oxygen atoms in total. The van der Waals surface area contributed by atoms with Crippen molar-refractivity contribution in [3.05, 3.63) is 0 Å². The van der Waals surface area contributed by atoms with Crippen molar-refractivity contribution >= 4 is 11.8 Å². The van der Waals surface area contributed by atoms with Crippen LogP contribution in [0.5, 0.6) is 0 Å². The summed E-state index contributed by atoms with van der Waals surface area (Å²) >= 11 is 0. The van der Waals surface area contributed by atoms with Gasteiger partial charge in [-0.1, -0.05) is 19.3 Å². The Morgan fingerprint density at radius 2 is 1.73 bits per heavy atom. The zero-order chi connectivity index (χ0) is 16.2. The number of carbonyl (C=O) groups is 2. The highest BCUT2D eigenvalue weighted by atomic mass is 16.3. The molecule has 1 aliphatic heterocycles. The molecule has 22 heavy (non-hydrogen) atoms. The van der Waals surface area contributed by atoms with E-state index >= 15 is 0 Å². The Labute approximate surface area is 132 Å². The number of rotatable bonds is 4. The van der Waals surface area contributed by atoms with Crippen molar-refractivity contribution in [1.82, 2.24) is 15.1 Å². The molecule has 1 saturated heterocycles. The van der Waals surface area contributed by atoms with Gasteiger partial charge in [0.2, 0.25) is 11.8 Å². The second-order valence-electron chi connectivity index (χ2n) is 6.77. The monoisotopic (exact) mass is 311 g/mol. The highest BCUT2D eigenvalue weighted by Gasteiger charge is 2.43. The average Bonchev–Trinajstić information content (AvgIpc) is 2.47. The molecule has 0 spiro atoms. The number of nitrogens with zero attached hydrogens (tertiary/aromatic N) is 2. The minimum absolute atomic E-state index is 0.0825. The lowest BCUT2D eigenvalue weighted by Crippen LogP contribution is -2.63. The van der Waals surface area contributed by atoms with Gasteiger partial charge in [0.25, 0.3) is 0 Å². The normalized spacial score (nSPS) is 23.9. The van der Waals surface area contributed by atoms with E-state index in [-0.39, 0.29) is 17.9 Å². The molecule has 1 saturated carbocycles. The van der Waals surface area contributed by atoms with Gasteiger partial charge in [-0.3, -0.25) is 14.5 Å². The Hall–Kier alpha value is -1.14. The van der Waals surface area contributed by atoms with E-state index < -0.39 is 5.54 Å². The largest absolute Gasteiger partial charge is 0.392 e. The fourth-order valence-electron chi connectivity index (χ4n) is 3.69. The van der Waals surface area contributed by atoms with E-state index in [2.05, 4.69) is 10.2 Å². The second-order valence-corrected chi connectivity index (χ2v) is 6.77. The molecule has 0 aromatic heterocycles. The number of β-amino-alcohol motifs (C(OH)–C–C–N with tert-alkyl or cyclic N) is 1. The van der Waals surface area contributed by atoms with Crippen molar-refractivity contribution in [1.29, 1.82) is 0 Å². The number of piperazine rings is 1. The van der Waals surface area contributed by atoms with E-state index in [1.807, 2.05) is 4.90 Å². The maximum Gasteiger partial charge on any atom is 0.248 e. The first-order valence-electron chi connectivity index (χ1n) is 8.41. The van der Waals surface area contributed by atoms with E-state index in [0.717, 1.165) is 45.2 Å². The third-order valence-corrected chi connectivity index (χ3v) is 4.71. The van der Waals surface area contributed by atoms with E-state index in [0.29, 0.717) is 19.6 Å². The first-order chi connectivity index (χ1) is 10.4. The van der Waals surface area contributed by atoms with Crippen LogP contribution in [-0.2, 0) is 9.59 Å². The topological polar surface area (TPSA) is 72.9 Å². The quantitative estimate of drug-likeness (QED) is 0.786. The summed E-state index contributed by atoms with van der Waals surface area (Å²) in [5.74, 6) is -0.0397. The molecule has 2 aliphatic rings. The first-order valence-corrected chi connectivity index (χ1v) is 8.41. The fourth-order valence-corrected chi connectivity index (χ4v) is 3.69. The van der Waals surface area contributed by atoms with Crippen LogP contribution in [0.2, 0.25) is 0 Å². The highest BCUT2D eigenvalue weighted by Crippen LogP contribution is 2.30. The number of hydrogen-bond acceptors (Lipinski definition) is 4. The van der Waals surface area contributed by atoms with Gasteiger partial charge in [-0.15, -0.1) is 0 Å². The maximum absolute atomic E-state index is 13.0. The molecule has 0 aromatic carbocycles. The van der Waals surface area contributed by atoms with Crippen molar-refractivity contribution in [3.8, 4) is 0 Å². The molecule has 2 amide bonds. The van der Waals surface area contributed by atoms with Crippen LogP contribution in [0.3, 0.4) is 0 Å². The summed E-state index contributed by atoms with van der Waals surface area (Å²) < 4.78 is 0. The minimum Gasteiger partial charge on any atom is -0.392 e. The van der Waals surface area contributed by atoms with Crippen molar-refractivity contribution < 1.29 is 14.7 Å². The van der Waals surface area contributed by atoms with Gasteiger partial charge in [0.1, 0.15) is 5.54 Å². The second kappa shape index (κ2) is 7.42. The molecule has 2 fully saturated rings. The summed E-state index contributed by atoms with van der Waals surface area (Å²) in [5, 5.41) is 12.4. The van der Waals surface area contributed by atoms with Crippen LogP contribution in [0.1, 0.15) is 46.0 Å². The average molecular weight is 311 g/mol. The summed E-state index contributed by atoms with van der Waals surface area (Å²) in [6.45, 7) is 6.84. The Kier molecular flexibility index (Phi) is 5.81. The van der Waals surface area contributed by atoms with E-state index in [1.54, 1.807) is 6.92 Å². The molecule has 0 bridgehead atoms. The number of aliphatic hydroxyl groups excluding tert-OH is 1. The summed E-state index contributed by atoms with van der Waals surface area (Å²) in [5.41, 5.74) is -0.684. The summed E-state index contributed by atoms with van der Waals surface area (Å²) in [6, 6.07) is 0. The van der Waals surface area contributed by atoms with Gasteiger partial charge in [-0.05, 0) is 19.8 Å². The molecule has 2 N–H and O–H groups in total. The predicted molar refractivity (Wildman–Crippen MR) is 84.3 cm³/mol. The number of carbonyl (C=O) groups excluding carboxylic acids is 2. The summed E-state index contributed by atoms with van der Waals surface area (Å²) in [6.07, 6.45) is 4.28. The van der Waals surface area contributed by atoms with Crippen molar-refractivity contribution in [2.45, 2.75) is 57.6 Å². The summed E-state index contributed by atoms with van der Waals surface area (Å²) in [7, 11) is 0. The van der Waals surface area contributed by atoms with E-state index in [1.165, 1.54) is 6.92 Å². The molecule has 2 rings (SSSR count). The third kappa shape index (κ3) is 4.20. The van der Waals surface area contributed by atoms with Crippen LogP contribution in [-0.4, -0.2) is 71.1 Å². The molecule has 6 heteroatoms. The number of amides is 2. The molecular formula is C16H29N3O3. The smallest absolute Gasteiger partial charge is 0.248 e. The predicted octanol–water partition coefficient (Wildman–Crippen LogP) is 0.350. The van der Waals surface area contributed by atoms with Crippen LogP contribution < -0.4 is 5.32 Å². The zero-order valence-corrected chi connectivity index (χ0v) is 13.8. The molecular weight excluding hydrogens is 282 g/mol. The van der Waals surface area contributed by atoms with E-state index in [9.17, 15) is 14.7 Å². The van der Waals surface area contributed by atoms with Gasteiger partial charge >= 0.3 is 0 Å². The van der Waals surface area contributed by atoms with Crippen LogP contribution in [0.15, 0.2) is 0 Å². The van der Waals surface area contributed by atoms with Crippen molar-refractivity contribution in [2.75, 3.05) is 32.7 Å². The Morgan fingerprint density at radius 3 is 2.23 bits per heavy atom. The highest BCUT2D eigenvalue weighted by molar-refractivity contribution is 5.91.